The zero-order valence-electron chi connectivity index (χ0n) is 17.4. The quantitative estimate of drug-likeness (QED) is 0.539. The van der Waals surface area contributed by atoms with Crippen LogP contribution < -0.4 is 5.32 Å². The van der Waals surface area contributed by atoms with E-state index >= 15 is 0 Å². The predicted octanol–water partition coefficient (Wildman–Crippen LogP) is 4.97. The number of alkyl halides is 3. The minimum absolute atomic E-state index is 0.0794. The number of halogens is 3. The van der Waals surface area contributed by atoms with Gasteiger partial charge in [-0.05, 0) is 48.2 Å². The van der Waals surface area contributed by atoms with Gasteiger partial charge in [0.1, 0.15) is 0 Å². The molecule has 4 rings (SSSR count). The summed E-state index contributed by atoms with van der Waals surface area (Å²) in [6.07, 6.45) is -0.828. The van der Waals surface area contributed by atoms with Crippen LogP contribution in [0.3, 0.4) is 0 Å². The first-order valence-corrected chi connectivity index (χ1v) is 10.6. The molecule has 1 unspecified atom stereocenters. The highest BCUT2D eigenvalue weighted by Gasteiger charge is 2.33. The lowest BCUT2D eigenvalue weighted by Crippen LogP contribution is -2.40. The summed E-state index contributed by atoms with van der Waals surface area (Å²) in [6.45, 7) is 0.399. The van der Waals surface area contributed by atoms with Crippen molar-refractivity contribution in [2.24, 2.45) is 0 Å². The number of pyridine rings is 1. The molecule has 0 saturated heterocycles. The highest BCUT2D eigenvalue weighted by molar-refractivity contribution is 5.79. The molecule has 166 valence electrons. The lowest BCUT2D eigenvalue weighted by Gasteiger charge is -2.25. The molecule has 32 heavy (non-hydrogen) atoms. The summed E-state index contributed by atoms with van der Waals surface area (Å²) in [6, 6.07) is 20.4. The third-order valence-corrected chi connectivity index (χ3v) is 5.52. The van der Waals surface area contributed by atoms with Gasteiger partial charge in [-0.25, -0.2) is 0 Å². The molecule has 0 radical (unpaired) electrons. The third kappa shape index (κ3) is 5.53. The molecule has 7 heteroatoms. The number of nitrogens with zero attached hydrogens (tertiary/aromatic N) is 2. The van der Waals surface area contributed by atoms with Crippen molar-refractivity contribution in [3.63, 3.8) is 0 Å². The molecule has 1 N–H and O–H groups in total. The second kappa shape index (κ2) is 9.53. The Balaban J connectivity index is 1.45. The molecule has 1 heterocycles. The van der Waals surface area contributed by atoms with Crippen molar-refractivity contribution in [2.75, 3.05) is 6.54 Å². The molecule has 0 bridgehead atoms. The highest BCUT2D eigenvalue weighted by Crippen LogP contribution is 2.31. The summed E-state index contributed by atoms with van der Waals surface area (Å²) >= 11 is 0. The fourth-order valence-electron chi connectivity index (χ4n) is 3.68. The predicted molar refractivity (Wildman–Crippen MR) is 116 cm³/mol. The SMILES string of the molecule is O=C(CNC(c1ccccc1)c1ccccn1)N(Cc1ccc(C(F)(F)F)cc1)C1CC1. The van der Waals surface area contributed by atoms with Crippen LogP contribution in [0, 0.1) is 0 Å². The van der Waals surface area contributed by atoms with E-state index in [1.807, 2.05) is 48.5 Å². The molecule has 1 saturated carbocycles. The maximum absolute atomic E-state index is 13.1. The Morgan fingerprint density at radius 1 is 1.00 bits per heavy atom. The molecule has 1 amide bonds. The van der Waals surface area contributed by atoms with E-state index in [9.17, 15) is 18.0 Å². The minimum atomic E-state index is -4.37. The van der Waals surface area contributed by atoms with Crippen LogP contribution in [-0.4, -0.2) is 28.4 Å². The normalized spacial score (nSPS) is 14.7. The number of hydrogen-bond acceptors (Lipinski definition) is 3. The smallest absolute Gasteiger partial charge is 0.334 e. The van der Waals surface area contributed by atoms with Crippen LogP contribution in [0.25, 0.3) is 0 Å². The molecule has 0 spiro atoms. The summed E-state index contributed by atoms with van der Waals surface area (Å²) in [5.41, 5.74) is 1.81. The molecule has 1 aliphatic carbocycles. The topological polar surface area (TPSA) is 45.2 Å². The molecular weight excluding hydrogens is 415 g/mol. The molecule has 1 aromatic heterocycles. The van der Waals surface area contributed by atoms with Crippen molar-refractivity contribution in [1.29, 1.82) is 0 Å². The van der Waals surface area contributed by atoms with Gasteiger partial charge in [0, 0.05) is 18.8 Å². The number of carbonyl (C=O) groups excluding carboxylic acids is 1. The zero-order chi connectivity index (χ0) is 22.6. The maximum atomic E-state index is 13.1. The molecule has 1 atom stereocenters. The van der Waals surface area contributed by atoms with Gasteiger partial charge in [0.2, 0.25) is 5.91 Å². The van der Waals surface area contributed by atoms with Gasteiger partial charge in [0.25, 0.3) is 0 Å². The monoisotopic (exact) mass is 439 g/mol. The Bertz CT molecular complexity index is 980. The first kappa shape index (κ1) is 22.0. The van der Waals surface area contributed by atoms with Crippen molar-refractivity contribution < 1.29 is 18.0 Å². The number of nitrogens with one attached hydrogen (secondary N) is 1. The van der Waals surface area contributed by atoms with Crippen molar-refractivity contribution in [2.45, 2.75) is 37.6 Å². The Morgan fingerprint density at radius 3 is 2.28 bits per heavy atom. The van der Waals surface area contributed by atoms with E-state index in [1.165, 1.54) is 12.1 Å². The van der Waals surface area contributed by atoms with E-state index in [0.717, 1.165) is 36.2 Å². The Morgan fingerprint density at radius 2 is 1.69 bits per heavy atom. The van der Waals surface area contributed by atoms with E-state index in [1.54, 1.807) is 11.1 Å². The zero-order valence-corrected chi connectivity index (χ0v) is 17.4. The molecule has 4 nitrogen and oxygen atoms in total. The summed E-state index contributed by atoms with van der Waals surface area (Å²) in [5.74, 6) is -0.0794. The van der Waals surface area contributed by atoms with Crippen molar-refractivity contribution in [3.8, 4) is 0 Å². The van der Waals surface area contributed by atoms with Crippen molar-refractivity contribution in [3.05, 3.63) is 101 Å². The van der Waals surface area contributed by atoms with E-state index < -0.39 is 11.7 Å². The molecule has 1 aliphatic rings. The summed E-state index contributed by atoms with van der Waals surface area (Å²) in [7, 11) is 0. The molecule has 0 aliphatic heterocycles. The van der Waals surface area contributed by atoms with Crippen LogP contribution in [-0.2, 0) is 17.5 Å². The summed E-state index contributed by atoms with van der Waals surface area (Å²) in [4.78, 5) is 19.3. The van der Waals surface area contributed by atoms with Gasteiger partial charge in [-0.3, -0.25) is 15.1 Å². The fraction of sp³-hybridized carbons (Fsp3) is 0.280. The van der Waals surface area contributed by atoms with Crippen LogP contribution in [0.4, 0.5) is 13.2 Å². The standard InChI is InChI=1S/C25H24F3N3O/c26-25(27,28)20-11-9-18(10-12-20)17-31(21-13-14-21)23(32)16-30-24(19-6-2-1-3-7-19)22-8-4-5-15-29-22/h1-12,15,21,24,30H,13-14,16-17H2. The molecule has 1 fully saturated rings. The van der Waals surface area contributed by atoms with Gasteiger partial charge in [-0.1, -0.05) is 48.5 Å². The Kier molecular flexibility index (Phi) is 6.55. The first-order valence-electron chi connectivity index (χ1n) is 10.6. The van der Waals surface area contributed by atoms with Gasteiger partial charge in [-0.15, -0.1) is 0 Å². The highest BCUT2D eigenvalue weighted by atomic mass is 19.4. The van der Waals surface area contributed by atoms with Gasteiger partial charge in [0.05, 0.1) is 23.8 Å². The summed E-state index contributed by atoms with van der Waals surface area (Å²) in [5, 5.41) is 3.33. The summed E-state index contributed by atoms with van der Waals surface area (Å²) < 4.78 is 38.5. The number of aromatic nitrogens is 1. The average molecular weight is 439 g/mol. The lowest BCUT2D eigenvalue weighted by molar-refractivity contribution is -0.137. The van der Waals surface area contributed by atoms with Gasteiger partial charge < -0.3 is 4.90 Å². The largest absolute Gasteiger partial charge is 0.416 e. The van der Waals surface area contributed by atoms with Crippen LogP contribution >= 0.6 is 0 Å². The van der Waals surface area contributed by atoms with Crippen LogP contribution in [0.1, 0.15) is 41.3 Å². The van der Waals surface area contributed by atoms with E-state index in [4.69, 9.17) is 0 Å². The second-order valence-corrected chi connectivity index (χ2v) is 7.93. The number of rotatable bonds is 8. The first-order chi connectivity index (χ1) is 15.4. The van der Waals surface area contributed by atoms with E-state index in [0.29, 0.717) is 12.1 Å². The molecule has 2 aromatic carbocycles. The van der Waals surface area contributed by atoms with Crippen LogP contribution in [0.2, 0.25) is 0 Å². The average Bonchev–Trinajstić information content (AvgIpc) is 3.64. The number of amides is 1. The molecule has 3 aromatic rings. The maximum Gasteiger partial charge on any atom is 0.416 e. The third-order valence-electron chi connectivity index (χ3n) is 5.52. The lowest BCUT2D eigenvalue weighted by atomic mass is 10.0. The van der Waals surface area contributed by atoms with Gasteiger partial charge in [-0.2, -0.15) is 13.2 Å². The van der Waals surface area contributed by atoms with E-state index in [-0.39, 0.29) is 24.5 Å². The van der Waals surface area contributed by atoms with Crippen LogP contribution in [0.15, 0.2) is 79.0 Å². The Hall–Kier alpha value is -3.19. The Labute approximate surface area is 185 Å². The minimum Gasteiger partial charge on any atom is -0.334 e. The van der Waals surface area contributed by atoms with Crippen LogP contribution in [0.5, 0.6) is 0 Å². The van der Waals surface area contributed by atoms with Crippen molar-refractivity contribution >= 4 is 5.91 Å². The number of carbonyl (C=O) groups is 1. The fourth-order valence-corrected chi connectivity index (χ4v) is 3.68. The number of benzene rings is 2. The van der Waals surface area contributed by atoms with Crippen molar-refractivity contribution in [1.82, 2.24) is 15.2 Å². The number of hydrogen-bond donors (Lipinski definition) is 1. The van der Waals surface area contributed by atoms with Gasteiger partial charge >= 0.3 is 6.18 Å². The van der Waals surface area contributed by atoms with E-state index in [2.05, 4.69) is 10.3 Å². The van der Waals surface area contributed by atoms with Gasteiger partial charge in [0.15, 0.2) is 0 Å². The molecular formula is C25H24F3N3O. The second-order valence-electron chi connectivity index (χ2n) is 7.93.